The van der Waals surface area contributed by atoms with Gasteiger partial charge in [-0.15, -0.1) is 16.4 Å². The molecule has 12 heteroatoms. The van der Waals surface area contributed by atoms with Gasteiger partial charge in [-0.2, -0.15) is 11.9 Å². The van der Waals surface area contributed by atoms with Crippen LogP contribution in [0.4, 0.5) is 0 Å². The van der Waals surface area contributed by atoms with Crippen LogP contribution in [0.3, 0.4) is 0 Å². The maximum Gasteiger partial charge on any atom is 3.00 e. The van der Waals surface area contributed by atoms with E-state index in [1.807, 2.05) is 39.1 Å². The fraction of sp³-hybridized carbons (Fsp3) is 0.325. The summed E-state index contributed by atoms with van der Waals surface area (Å²) in [6.45, 7) is 18.4. The van der Waals surface area contributed by atoms with Crippen LogP contribution in [0.5, 0.6) is 0 Å². The van der Waals surface area contributed by atoms with Crippen molar-refractivity contribution in [3.8, 4) is 0 Å². The predicted octanol–water partition coefficient (Wildman–Crippen LogP) is 4.12. The third-order valence-electron chi connectivity index (χ3n) is 8.90. The van der Waals surface area contributed by atoms with E-state index in [-0.39, 0.29) is 64.4 Å². The van der Waals surface area contributed by atoms with Crippen LogP contribution in [0.2, 0.25) is 0 Å². The Morgan fingerprint density at radius 2 is 1.65 bits per heavy atom. The number of hydrogen-bond donors (Lipinski definition) is 0. The molecule has 10 nitrogen and oxygen atoms in total. The molecule has 0 unspecified atom stereocenters. The van der Waals surface area contributed by atoms with E-state index in [1.54, 1.807) is 25.2 Å². The minimum Gasteiger partial charge on any atom is -0.792 e. The van der Waals surface area contributed by atoms with Gasteiger partial charge in [0.05, 0.1) is 23.4 Å². The zero-order valence-electron chi connectivity index (χ0n) is 30.2. The van der Waals surface area contributed by atoms with Crippen molar-refractivity contribution in [1.82, 2.24) is 9.97 Å². The average Bonchev–Trinajstić information content (AvgIpc) is 3.77. The minimum absolute atomic E-state index is 0. The van der Waals surface area contributed by atoms with Gasteiger partial charge in [-0.3, -0.25) is 14.4 Å². The van der Waals surface area contributed by atoms with E-state index in [0.717, 1.165) is 49.8 Å². The summed E-state index contributed by atoms with van der Waals surface area (Å²) < 4.78 is 5.35. The minimum atomic E-state index is -0.379. The first-order chi connectivity index (χ1) is 24.2. The molecule has 0 spiro atoms. The molecule has 3 aliphatic rings. The van der Waals surface area contributed by atoms with Gasteiger partial charge in [0.25, 0.3) is 5.91 Å². The van der Waals surface area contributed by atoms with E-state index in [4.69, 9.17) is 27.3 Å². The quantitative estimate of drug-likeness (QED) is 0.177. The van der Waals surface area contributed by atoms with E-state index < -0.39 is 0 Å². The Bertz CT molecular complexity index is 2140. The zero-order valence-corrected chi connectivity index (χ0v) is 32.1. The number of carbonyl (C=O) groups excluding carboxylic acids is 5. The number of aliphatic imine (C=N–C) groups is 2. The largest absolute Gasteiger partial charge is 3.00 e. The molecule has 2 aromatic rings. The molecular formula is C40H41FeN4O6S. The van der Waals surface area contributed by atoms with E-state index in [9.17, 15) is 24.0 Å². The Hall–Kier alpha value is -4.64. The smallest absolute Gasteiger partial charge is 0.792 e. The standard InChI is InChI=1S/C33H31N4O4.C7H12O2S.Fe/c1-7-22-19(5)26(35-28(22)13-25-18(4)21(16-34-25)10-9-17(3)38)14-29-23(8-2)20(6)27(36-29)15-30-32-24(33(40)37-30)11-12-31(39)41-32;1-5(8)3-7(4-10)6(2)9;/h7-8,13-16H,1-2,9-12H2,3-6H3,(H-,34,35,36,37,40);7,10H,3-4H2,1-2H3;/q-1;;+3/p-2/t;7-;/m.1./s1. The van der Waals surface area contributed by atoms with E-state index in [0.29, 0.717) is 54.1 Å². The van der Waals surface area contributed by atoms with Gasteiger partial charge >= 0.3 is 23.0 Å². The summed E-state index contributed by atoms with van der Waals surface area (Å²) in [7, 11) is 0. The number of esters is 1. The van der Waals surface area contributed by atoms with Crippen molar-refractivity contribution < 1.29 is 45.8 Å². The topological polar surface area (TPSA) is 147 Å². The molecule has 0 saturated heterocycles. The molecule has 0 fully saturated rings. The molecule has 2 aromatic heterocycles. The number of Topliss-reactive ketones (excluding diaryl/α,β-unsaturated/α-hetero) is 3. The second-order valence-corrected chi connectivity index (χ2v) is 13.0. The molecule has 0 aromatic carbocycles. The Balaban J connectivity index is 0.000000581. The number of nitrogens with zero attached hydrogens (tertiary/aromatic N) is 4. The number of carbonyl (C=O) groups is 5. The Kier molecular flexibility index (Phi) is 14.6. The molecule has 1 atom stereocenters. The maximum absolute atomic E-state index is 12.3. The number of allylic oxidation sites excluding steroid dienone is 4. The SMILES string of the molecule is C=CC1=C(C)/C(=C/C2=NC(=O)C3=C2OC(=O)CC3)N=C1/C=c1\[n-]/c(=C\c2[n-]cc(CCC(C)=O)c2C)c(C=C)c1C.CC(=O)C[C@H](C[S-])C(C)=O.[Fe+3]. The Morgan fingerprint density at radius 3 is 2.23 bits per heavy atom. The molecule has 52 heavy (non-hydrogen) atoms. The first-order valence-electron chi connectivity index (χ1n) is 16.6. The van der Waals surface area contributed by atoms with Crippen LogP contribution in [-0.4, -0.2) is 46.4 Å². The van der Waals surface area contributed by atoms with Gasteiger partial charge in [-0.1, -0.05) is 54.2 Å². The van der Waals surface area contributed by atoms with Crippen LogP contribution >= 0.6 is 0 Å². The van der Waals surface area contributed by atoms with E-state index in [1.165, 1.54) is 13.8 Å². The van der Waals surface area contributed by atoms with Gasteiger partial charge in [-0.05, 0) is 71.6 Å². The second kappa shape index (κ2) is 18.2. The molecule has 0 bridgehead atoms. The summed E-state index contributed by atoms with van der Waals surface area (Å²) in [6, 6.07) is 0. The van der Waals surface area contributed by atoms with Crippen LogP contribution < -0.4 is 20.7 Å². The number of hydrogen-bond acceptors (Lipinski definition) is 8. The summed E-state index contributed by atoms with van der Waals surface area (Å²) in [5.41, 5.74) is 8.42. The normalized spacial score (nSPS) is 17.2. The molecule has 5 rings (SSSR count). The van der Waals surface area contributed by atoms with Gasteiger partial charge in [-0.25, -0.2) is 9.98 Å². The number of ether oxygens (including phenoxy) is 1. The molecule has 3 aliphatic heterocycles. The van der Waals surface area contributed by atoms with Gasteiger partial charge in [0, 0.05) is 24.3 Å². The number of rotatable bonds is 12. The van der Waals surface area contributed by atoms with Gasteiger partial charge in [0.15, 0.2) is 5.76 Å². The number of ketones is 3. The number of aryl methyl sites for hydroxylation is 1. The van der Waals surface area contributed by atoms with Crippen LogP contribution in [0.1, 0.15) is 81.3 Å². The summed E-state index contributed by atoms with van der Waals surface area (Å²) in [5.74, 6) is -0.202. The van der Waals surface area contributed by atoms with Crippen LogP contribution in [-0.2, 0) is 64.8 Å². The first-order valence-corrected chi connectivity index (χ1v) is 17.2. The van der Waals surface area contributed by atoms with Crippen molar-refractivity contribution in [2.45, 2.75) is 73.6 Å². The fourth-order valence-electron chi connectivity index (χ4n) is 5.80. The molecule has 0 saturated carbocycles. The third kappa shape index (κ3) is 9.61. The molecule has 0 aliphatic carbocycles. The van der Waals surface area contributed by atoms with Gasteiger partial charge in [0.1, 0.15) is 23.1 Å². The molecule has 1 radical (unpaired) electrons. The van der Waals surface area contributed by atoms with E-state index >= 15 is 0 Å². The van der Waals surface area contributed by atoms with Crippen molar-refractivity contribution >= 4 is 71.5 Å². The summed E-state index contributed by atoms with van der Waals surface area (Å²) in [6.07, 6.45) is 12.8. The average molecular weight is 762 g/mol. The predicted molar refractivity (Wildman–Crippen MR) is 200 cm³/mol. The molecule has 5 heterocycles. The first kappa shape index (κ1) is 41.8. The summed E-state index contributed by atoms with van der Waals surface area (Å²) in [5, 5.41) is 1.48. The summed E-state index contributed by atoms with van der Waals surface area (Å²) >= 11 is 4.70. The number of amides is 1. The fourth-order valence-corrected chi connectivity index (χ4v) is 6.15. The second-order valence-electron chi connectivity index (χ2n) is 12.6. The van der Waals surface area contributed by atoms with Crippen molar-refractivity contribution in [2.24, 2.45) is 15.9 Å². The maximum atomic E-state index is 12.3. The number of aromatic nitrogens is 2. The van der Waals surface area contributed by atoms with Gasteiger partial charge < -0.3 is 36.9 Å². The van der Waals surface area contributed by atoms with Crippen molar-refractivity contribution in [1.29, 1.82) is 0 Å². The van der Waals surface area contributed by atoms with Gasteiger partial charge in [0.2, 0.25) is 0 Å². The zero-order chi connectivity index (χ0) is 37.6. The van der Waals surface area contributed by atoms with Crippen molar-refractivity contribution in [3.63, 3.8) is 0 Å². The van der Waals surface area contributed by atoms with Crippen molar-refractivity contribution in [3.05, 3.63) is 98.3 Å². The molecule has 1 amide bonds. The Labute approximate surface area is 319 Å². The molecule has 271 valence electrons. The van der Waals surface area contributed by atoms with E-state index in [2.05, 4.69) is 23.1 Å². The molecule has 0 N–H and O–H groups in total. The third-order valence-corrected chi connectivity index (χ3v) is 9.30. The van der Waals surface area contributed by atoms with Crippen molar-refractivity contribution in [2.75, 3.05) is 5.75 Å². The molecular weight excluding hydrogens is 720 g/mol. The van der Waals surface area contributed by atoms with Crippen LogP contribution in [0.15, 0.2) is 69.7 Å². The van der Waals surface area contributed by atoms with Crippen LogP contribution in [0, 0.1) is 19.8 Å². The monoisotopic (exact) mass is 761 g/mol. The Morgan fingerprint density at radius 1 is 0.942 bits per heavy atom. The summed E-state index contributed by atoms with van der Waals surface area (Å²) in [4.78, 5) is 75.2. The van der Waals surface area contributed by atoms with Crippen LogP contribution in [0.25, 0.3) is 18.2 Å².